The van der Waals surface area contributed by atoms with Gasteiger partial charge in [0.05, 0.1) is 0 Å². The number of fused-ring (bicyclic) bond motifs is 1. The molecule has 5 nitrogen and oxygen atoms in total. The minimum absolute atomic E-state index is 0.0844. The van der Waals surface area contributed by atoms with E-state index in [4.69, 9.17) is 0 Å². The fourth-order valence-corrected chi connectivity index (χ4v) is 3.15. The van der Waals surface area contributed by atoms with Gasteiger partial charge in [0, 0.05) is 17.6 Å². The molecule has 0 saturated carbocycles. The van der Waals surface area contributed by atoms with E-state index < -0.39 is 0 Å². The smallest absolute Gasteiger partial charge is 0.247 e. The third-order valence-corrected chi connectivity index (χ3v) is 4.45. The highest BCUT2D eigenvalue weighted by molar-refractivity contribution is 9.10. The summed E-state index contributed by atoms with van der Waals surface area (Å²) >= 11 is 3.57. The molecular formula is C14H15BrN4O. The molecule has 1 aromatic carbocycles. The van der Waals surface area contributed by atoms with Gasteiger partial charge in [-0.1, -0.05) is 28.1 Å². The first-order chi connectivity index (χ1) is 9.66. The monoisotopic (exact) mass is 334 g/mol. The maximum Gasteiger partial charge on any atom is 0.247 e. The summed E-state index contributed by atoms with van der Waals surface area (Å²) in [5.41, 5.74) is 2.52. The maximum atomic E-state index is 12.5. The van der Waals surface area contributed by atoms with Crippen molar-refractivity contribution >= 4 is 21.8 Å². The molecule has 0 fully saturated rings. The van der Waals surface area contributed by atoms with Gasteiger partial charge in [-0.2, -0.15) is 5.10 Å². The molecule has 1 aromatic heterocycles. The Morgan fingerprint density at radius 3 is 3.05 bits per heavy atom. The van der Waals surface area contributed by atoms with E-state index in [1.807, 2.05) is 24.0 Å². The third kappa shape index (κ3) is 2.35. The Kier molecular flexibility index (Phi) is 3.56. The number of hydrogen-bond acceptors (Lipinski definition) is 3. The lowest BCUT2D eigenvalue weighted by Gasteiger charge is -2.31. The Hall–Kier alpha value is -1.69. The van der Waals surface area contributed by atoms with Crippen molar-refractivity contribution in [2.24, 2.45) is 0 Å². The summed E-state index contributed by atoms with van der Waals surface area (Å²) in [6, 6.07) is 5.83. The number of aromatic nitrogens is 3. The van der Waals surface area contributed by atoms with Crippen LogP contribution in [0, 0.1) is 0 Å². The average Bonchev–Trinajstić information content (AvgIpc) is 3.00. The molecule has 0 saturated heterocycles. The number of carbonyl (C=O) groups excluding carboxylic acids is 1. The number of hydrogen-bond donors (Lipinski definition) is 0. The maximum absolute atomic E-state index is 12.5. The summed E-state index contributed by atoms with van der Waals surface area (Å²) in [7, 11) is 0. The fraction of sp³-hybridized carbons (Fsp3) is 0.357. The summed E-state index contributed by atoms with van der Waals surface area (Å²) in [6.07, 6.45) is 3.91. The van der Waals surface area contributed by atoms with Crippen molar-refractivity contribution in [3.8, 4) is 0 Å². The highest BCUT2D eigenvalue weighted by Gasteiger charge is 2.26. The lowest BCUT2D eigenvalue weighted by molar-refractivity contribution is -0.135. The zero-order valence-electron chi connectivity index (χ0n) is 11.2. The molecule has 1 atom stereocenters. The van der Waals surface area contributed by atoms with Crippen LogP contribution in [0.4, 0.5) is 0 Å². The molecule has 2 heterocycles. The van der Waals surface area contributed by atoms with Gasteiger partial charge in [-0.05, 0) is 30.5 Å². The van der Waals surface area contributed by atoms with Gasteiger partial charge in [-0.3, -0.25) is 4.79 Å². The SMILES string of the molecule is C[C@H](C(=O)N1CCc2c(Br)cccc2C1)n1cncn1. The molecule has 0 unspecified atom stereocenters. The number of nitrogens with zero attached hydrogens (tertiary/aromatic N) is 4. The summed E-state index contributed by atoms with van der Waals surface area (Å²) in [5.74, 6) is 0.0844. The van der Waals surface area contributed by atoms with Gasteiger partial charge in [0.25, 0.3) is 0 Å². The summed E-state index contributed by atoms with van der Waals surface area (Å²) in [5, 5.41) is 4.04. The molecule has 0 N–H and O–H groups in total. The Bertz CT molecular complexity index is 626. The minimum atomic E-state index is -0.314. The predicted molar refractivity (Wildman–Crippen MR) is 78.0 cm³/mol. The van der Waals surface area contributed by atoms with Crippen LogP contribution in [-0.2, 0) is 17.8 Å². The van der Waals surface area contributed by atoms with E-state index in [0.717, 1.165) is 17.4 Å². The van der Waals surface area contributed by atoms with Crippen LogP contribution in [0.25, 0.3) is 0 Å². The molecule has 1 amide bonds. The van der Waals surface area contributed by atoms with E-state index in [-0.39, 0.29) is 11.9 Å². The van der Waals surface area contributed by atoms with Crippen LogP contribution in [0.15, 0.2) is 35.3 Å². The predicted octanol–water partition coefficient (Wildman–Crippen LogP) is 2.19. The van der Waals surface area contributed by atoms with E-state index in [1.165, 1.54) is 17.5 Å². The van der Waals surface area contributed by atoms with Crippen LogP contribution in [0.5, 0.6) is 0 Å². The van der Waals surface area contributed by atoms with Crippen molar-refractivity contribution in [3.05, 3.63) is 46.5 Å². The molecule has 0 spiro atoms. The summed E-state index contributed by atoms with van der Waals surface area (Å²) in [4.78, 5) is 18.3. The first kappa shape index (κ1) is 13.3. The fourth-order valence-electron chi connectivity index (χ4n) is 2.55. The molecule has 20 heavy (non-hydrogen) atoms. The largest absolute Gasteiger partial charge is 0.336 e. The number of benzene rings is 1. The third-order valence-electron chi connectivity index (χ3n) is 3.71. The normalized spacial score (nSPS) is 15.8. The highest BCUT2D eigenvalue weighted by Crippen LogP contribution is 2.27. The van der Waals surface area contributed by atoms with Crippen LogP contribution >= 0.6 is 15.9 Å². The summed E-state index contributed by atoms with van der Waals surface area (Å²) < 4.78 is 2.73. The van der Waals surface area contributed by atoms with Gasteiger partial charge in [0.15, 0.2) is 0 Å². The second-order valence-electron chi connectivity index (χ2n) is 4.94. The number of halogens is 1. The van der Waals surface area contributed by atoms with Crippen molar-refractivity contribution in [1.29, 1.82) is 0 Å². The molecule has 104 valence electrons. The van der Waals surface area contributed by atoms with Crippen molar-refractivity contribution in [2.75, 3.05) is 6.54 Å². The van der Waals surface area contributed by atoms with Crippen LogP contribution < -0.4 is 0 Å². The second kappa shape index (κ2) is 5.36. The van der Waals surface area contributed by atoms with Crippen LogP contribution in [-0.4, -0.2) is 32.1 Å². The van der Waals surface area contributed by atoms with Gasteiger partial charge in [-0.25, -0.2) is 9.67 Å². The topological polar surface area (TPSA) is 51.0 Å². The number of carbonyl (C=O) groups is 1. The van der Waals surface area contributed by atoms with Gasteiger partial charge in [0.2, 0.25) is 5.91 Å². The lowest BCUT2D eigenvalue weighted by Crippen LogP contribution is -2.40. The Labute approximate surface area is 125 Å². The molecule has 0 aliphatic carbocycles. The molecule has 1 aliphatic heterocycles. The van der Waals surface area contributed by atoms with Crippen LogP contribution in [0.3, 0.4) is 0 Å². The van der Waals surface area contributed by atoms with Gasteiger partial charge in [0.1, 0.15) is 18.7 Å². The molecule has 0 radical (unpaired) electrons. The molecule has 3 rings (SSSR count). The van der Waals surface area contributed by atoms with Gasteiger partial charge < -0.3 is 4.90 Å². The van der Waals surface area contributed by atoms with E-state index >= 15 is 0 Å². The lowest BCUT2D eigenvalue weighted by atomic mass is 9.99. The van der Waals surface area contributed by atoms with E-state index in [0.29, 0.717) is 6.54 Å². The van der Waals surface area contributed by atoms with Crippen molar-refractivity contribution in [2.45, 2.75) is 25.9 Å². The first-order valence-electron chi connectivity index (χ1n) is 6.56. The summed E-state index contributed by atoms with van der Waals surface area (Å²) in [6.45, 7) is 3.26. The molecule has 0 bridgehead atoms. The minimum Gasteiger partial charge on any atom is -0.336 e. The van der Waals surface area contributed by atoms with Crippen molar-refractivity contribution in [3.63, 3.8) is 0 Å². The van der Waals surface area contributed by atoms with Gasteiger partial charge in [-0.15, -0.1) is 0 Å². The Balaban J connectivity index is 1.78. The number of amides is 1. The highest BCUT2D eigenvalue weighted by atomic mass is 79.9. The Morgan fingerprint density at radius 2 is 2.30 bits per heavy atom. The van der Waals surface area contributed by atoms with Crippen molar-refractivity contribution < 1.29 is 4.79 Å². The molecule has 1 aliphatic rings. The molecule has 2 aromatic rings. The van der Waals surface area contributed by atoms with Crippen molar-refractivity contribution in [1.82, 2.24) is 19.7 Å². The number of rotatable bonds is 2. The van der Waals surface area contributed by atoms with E-state index in [1.54, 1.807) is 11.0 Å². The standard InChI is InChI=1S/C14H15BrN4O/c1-10(19-9-16-8-17-19)14(20)18-6-5-12-11(7-18)3-2-4-13(12)15/h2-4,8-10H,5-7H2,1H3/t10-/m1/s1. The van der Waals surface area contributed by atoms with Crippen LogP contribution in [0.2, 0.25) is 0 Å². The first-order valence-corrected chi connectivity index (χ1v) is 7.35. The van der Waals surface area contributed by atoms with Gasteiger partial charge >= 0.3 is 0 Å². The molecular weight excluding hydrogens is 320 g/mol. The van der Waals surface area contributed by atoms with Crippen LogP contribution in [0.1, 0.15) is 24.1 Å². The van der Waals surface area contributed by atoms with E-state index in [2.05, 4.69) is 32.1 Å². The second-order valence-corrected chi connectivity index (χ2v) is 5.79. The molecule has 6 heteroatoms. The quantitative estimate of drug-likeness (QED) is 0.845. The zero-order valence-corrected chi connectivity index (χ0v) is 12.7. The zero-order chi connectivity index (χ0) is 14.1. The average molecular weight is 335 g/mol. The Morgan fingerprint density at radius 1 is 1.45 bits per heavy atom. The van der Waals surface area contributed by atoms with E-state index in [9.17, 15) is 4.79 Å².